The summed E-state index contributed by atoms with van der Waals surface area (Å²) in [4.78, 5) is 12.6. The van der Waals surface area contributed by atoms with Gasteiger partial charge in [-0.2, -0.15) is 0 Å². The molecule has 0 aliphatic carbocycles. The largest absolute Gasteiger partial charge is 0.347 e. The van der Waals surface area contributed by atoms with E-state index in [0.717, 1.165) is 20.9 Å². The number of nitrogens with one attached hydrogen (secondary N) is 1. The highest BCUT2D eigenvalue weighted by atomic mass is 79.9. The Bertz CT molecular complexity index is 812. The van der Waals surface area contributed by atoms with Gasteiger partial charge in [0.15, 0.2) is 0 Å². The van der Waals surface area contributed by atoms with Crippen LogP contribution < -0.4 is 5.32 Å². The maximum atomic E-state index is 12.6. The molecule has 22 heavy (non-hydrogen) atoms. The third-order valence-corrected chi connectivity index (χ3v) is 4.76. The number of benzene rings is 2. The summed E-state index contributed by atoms with van der Waals surface area (Å²) >= 11 is 3.56. The molecular formula is C18H17BrN2O. The van der Waals surface area contributed by atoms with Crippen LogP contribution in [0.1, 0.15) is 21.6 Å². The summed E-state index contributed by atoms with van der Waals surface area (Å²) in [5.74, 6) is -0.0752. The molecule has 0 atom stereocenters. The zero-order chi connectivity index (χ0) is 15.7. The molecule has 4 heteroatoms. The Kier molecular flexibility index (Phi) is 4.03. The first-order valence-electron chi connectivity index (χ1n) is 7.15. The molecule has 3 rings (SSSR count). The second-order valence-corrected chi connectivity index (χ2v) is 6.14. The third-order valence-electron chi connectivity index (χ3n) is 3.96. The van der Waals surface area contributed by atoms with Gasteiger partial charge in [-0.05, 0) is 40.0 Å². The first kappa shape index (κ1) is 14.9. The van der Waals surface area contributed by atoms with Crippen molar-refractivity contribution in [3.05, 3.63) is 69.8 Å². The number of aryl methyl sites for hydroxylation is 2. The van der Waals surface area contributed by atoms with Gasteiger partial charge in [0.25, 0.3) is 5.91 Å². The summed E-state index contributed by atoms with van der Waals surface area (Å²) < 4.78 is 2.76. The van der Waals surface area contributed by atoms with Gasteiger partial charge < -0.3 is 9.88 Å². The Morgan fingerprint density at radius 1 is 1.14 bits per heavy atom. The second-order valence-electron chi connectivity index (χ2n) is 5.35. The van der Waals surface area contributed by atoms with Gasteiger partial charge in [0.1, 0.15) is 5.69 Å². The number of carbonyl (C=O) groups is 1. The molecule has 0 saturated heterocycles. The number of nitrogens with zero attached hydrogens (tertiary/aromatic N) is 1. The Morgan fingerprint density at radius 2 is 1.82 bits per heavy atom. The van der Waals surface area contributed by atoms with Gasteiger partial charge in [-0.15, -0.1) is 0 Å². The summed E-state index contributed by atoms with van der Waals surface area (Å²) in [6.45, 7) is 2.58. The van der Waals surface area contributed by atoms with Gasteiger partial charge in [0.2, 0.25) is 0 Å². The van der Waals surface area contributed by atoms with Crippen molar-refractivity contribution >= 4 is 32.7 Å². The lowest BCUT2D eigenvalue weighted by atomic mass is 10.1. The summed E-state index contributed by atoms with van der Waals surface area (Å²) in [6, 6.07) is 16.0. The fraction of sp³-hybridized carbons (Fsp3) is 0.167. The lowest BCUT2D eigenvalue weighted by molar-refractivity contribution is 0.0942. The van der Waals surface area contributed by atoms with E-state index in [-0.39, 0.29) is 5.91 Å². The Labute approximate surface area is 138 Å². The van der Waals surface area contributed by atoms with E-state index in [0.29, 0.717) is 12.2 Å². The molecule has 3 nitrogen and oxygen atoms in total. The molecule has 0 fully saturated rings. The molecular weight excluding hydrogens is 340 g/mol. The molecule has 112 valence electrons. The van der Waals surface area contributed by atoms with Crippen molar-refractivity contribution in [2.45, 2.75) is 13.5 Å². The summed E-state index contributed by atoms with van der Waals surface area (Å²) in [5.41, 5.74) is 4.00. The van der Waals surface area contributed by atoms with Crippen molar-refractivity contribution in [3.63, 3.8) is 0 Å². The first-order chi connectivity index (χ1) is 10.6. The van der Waals surface area contributed by atoms with Crippen molar-refractivity contribution < 1.29 is 4.79 Å². The molecule has 1 aromatic heterocycles. The minimum atomic E-state index is -0.0752. The predicted octanol–water partition coefficient (Wildman–Crippen LogP) is 4.18. The van der Waals surface area contributed by atoms with Gasteiger partial charge in [0, 0.05) is 24.5 Å². The fourth-order valence-corrected chi connectivity index (χ4v) is 3.45. The number of aromatic nitrogens is 1. The van der Waals surface area contributed by atoms with E-state index in [4.69, 9.17) is 0 Å². The molecule has 0 saturated carbocycles. The average molecular weight is 357 g/mol. The molecule has 1 N–H and O–H groups in total. The quantitative estimate of drug-likeness (QED) is 0.750. The fourth-order valence-electron chi connectivity index (χ4n) is 2.67. The summed E-state index contributed by atoms with van der Waals surface area (Å²) in [6.07, 6.45) is 0. The molecule has 0 radical (unpaired) electrons. The molecule has 0 bridgehead atoms. The molecule has 0 unspecified atom stereocenters. The zero-order valence-electron chi connectivity index (χ0n) is 12.6. The molecule has 0 spiro atoms. The maximum Gasteiger partial charge on any atom is 0.269 e. The minimum absolute atomic E-state index is 0.0752. The highest BCUT2D eigenvalue weighted by molar-refractivity contribution is 9.10. The van der Waals surface area contributed by atoms with Crippen molar-refractivity contribution in [1.29, 1.82) is 0 Å². The van der Waals surface area contributed by atoms with Crippen molar-refractivity contribution in [2.24, 2.45) is 7.05 Å². The molecule has 1 amide bonds. The number of fused-ring (bicyclic) bond motifs is 1. The standard InChI is InChI=1S/C18H17BrN2O/c1-12-7-3-4-8-13(12)11-20-18(22)17-16(19)14-9-5-6-10-15(14)21(17)2/h3-10H,11H2,1-2H3,(H,20,22). The average Bonchev–Trinajstić information content (AvgIpc) is 2.78. The van der Waals surface area contributed by atoms with Crippen molar-refractivity contribution in [2.75, 3.05) is 0 Å². The number of hydrogen-bond donors (Lipinski definition) is 1. The van der Waals surface area contributed by atoms with E-state index in [9.17, 15) is 4.79 Å². The molecule has 3 aromatic rings. The number of carbonyl (C=O) groups excluding carboxylic acids is 1. The van der Waals surface area contributed by atoms with Crippen LogP contribution >= 0.6 is 15.9 Å². The van der Waals surface area contributed by atoms with Crippen LogP contribution in [0.4, 0.5) is 0 Å². The maximum absolute atomic E-state index is 12.6. The lowest BCUT2D eigenvalue weighted by Crippen LogP contribution is -2.25. The third kappa shape index (κ3) is 2.55. The van der Waals surface area contributed by atoms with Crippen LogP contribution in [0.25, 0.3) is 10.9 Å². The van der Waals surface area contributed by atoms with Crippen LogP contribution in [-0.4, -0.2) is 10.5 Å². The second kappa shape index (κ2) is 5.97. The van der Waals surface area contributed by atoms with Crippen LogP contribution in [0.15, 0.2) is 53.0 Å². The van der Waals surface area contributed by atoms with E-state index in [1.807, 2.05) is 67.1 Å². The van der Waals surface area contributed by atoms with E-state index >= 15 is 0 Å². The zero-order valence-corrected chi connectivity index (χ0v) is 14.1. The van der Waals surface area contributed by atoms with Gasteiger partial charge >= 0.3 is 0 Å². The van der Waals surface area contributed by atoms with E-state index < -0.39 is 0 Å². The van der Waals surface area contributed by atoms with Crippen LogP contribution in [0, 0.1) is 6.92 Å². The van der Waals surface area contributed by atoms with Crippen LogP contribution in [0.3, 0.4) is 0 Å². The molecule has 0 aliphatic rings. The number of rotatable bonds is 3. The van der Waals surface area contributed by atoms with E-state index in [1.165, 1.54) is 5.56 Å². The highest BCUT2D eigenvalue weighted by Gasteiger charge is 2.18. The molecule has 1 heterocycles. The Morgan fingerprint density at radius 3 is 2.55 bits per heavy atom. The number of para-hydroxylation sites is 1. The van der Waals surface area contributed by atoms with Crippen molar-refractivity contribution in [3.8, 4) is 0 Å². The van der Waals surface area contributed by atoms with E-state index in [2.05, 4.69) is 21.2 Å². The van der Waals surface area contributed by atoms with E-state index in [1.54, 1.807) is 0 Å². The monoisotopic (exact) mass is 356 g/mol. The van der Waals surface area contributed by atoms with Gasteiger partial charge in [-0.3, -0.25) is 4.79 Å². The minimum Gasteiger partial charge on any atom is -0.347 e. The van der Waals surface area contributed by atoms with Gasteiger partial charge in [-0.1, -0.05) is 42.5 Å². The predicted molar refractivity (Wildman–Crippen MR) is 93.0 cm³/mol. The normalized spacial score (nSPS) is 10.9. The topological polar surface area (TPSA) is 34.0 Å². The van der Waals surface area contributed by atoms with Crippen LogP contribution in [0.2, 0.25) is 0 Å². The smallest absolute Gasteiger partial charge is 0.269 e. The lowest BCUT2D eigenvalue weighted by Gasteiger charge is -2.09. The van der Waals surface area contributed by atoms with Crippen LogP contribution in [-0.2, 0) is 13.6 Å². The summed E-state index contributed by atoms with van der Waals surface area (Å²) in [7, 11) is 1.91. The van der Waals surface area contributed by atoms with Gasteiger partial charge in [-0.25, -0.2) is 0 Å². The van der Waals surface area contributed by atoms with Crippen LogP contribution in [0.5, 0.6) is 0 Å². The number of hydrogen-bond acceptors (Lipinski definition) is 1. The summed E-state index contributed by atoms with van der Waals surface area (Å²) in [5, 5.41) is 4.06. The Balaban J connectivity index is 1.88. The highest BCUT2D eigenvalue weighted by Crippen LogP contribution is 2.30. The number of amides is 1. The Hall–Kier alpha value is -2.07. The number of halogens is 1. The SMILES string of the molecule is Cc1ccccc1CNC(=O)c1c(Br)c2ccccc2n1C. The molecule has 0 aliphatic heterocycles. The van der Waals surface area contributed by atoms with Gasteiger partial charge in [0.05, 0.1) is 4.47 Å². The first-order valence-corrected chi connectivity index (χ1v) is 7.94. The molecule has 2 aromatic carbocycles. The van der Waals surface area contributed by atoms with Crippen molar-refractivity contribution in [1.82, 2.24) is 9.88 Å².